The zero-order valence-corrected chi connectivity index (χ0v) is 15.8. The number of hydrogen-bond donors (Lipinski definition) is 2. The van der Waals surface area contributed by atoms with Crippen LogP contribution >= 0.6 is 12.2 Å². The molecular formula is C20H22N4OS. The predicted molar refractivity (Wildman–Crippen MR) is 107 cm³/mol. The van der Waals surface area contributed by atoms with Crippen LogP contribution in [0.3, 0.4) is 0 Å². The summed E-state index contributed by atoms with van der Waals surface area (Å²) in [5.41, 5.74) is 4.15. The van der Waals surface area contributed by atoms with Gasteiger partial charge in [0, 0.05) is 24.2 Å². The SMILES string of the molecule is CCc1cccc(NC(=O)CCn2c(-c3cccc(C)c3)n[nH]c2=S)c1. The molecule has 3 rings (SSSR count). The van der Waals surface area contributed by atoms with Crippen LogP contribution in [-0.2, 0) is 17.8 Å². The third-order valence-corrected chi connectivity index (χ3v) is 4.53. The lowest BCUT2D eigenvalue weighted by Gasteiger charge is -2.09. The van der Waals surface area contributed by atoms with Gasteiger partial charge in [0.05, 0.1) is 0 Å². The molecule has 0 radical (unpaired) electrons. The maximum absolute atomic E-state index is 12.3. The molecule has 0 unspecified atom stereocenters. The van der Waals surface area contributed by atoms with Crippen LogP contribution in [0.2, 0.25) is 0 Å². The van der Waals surface area contributed by atoms with E-state index in [2.05, 4.69) is 34.6 Å². The van der Waals surface area contributed by atoms with E-state index in [0.29, 0.717) is 17.7 Å². The zero-order valence-electron chi connectivity index (χ0n) is 15.0. The molecule has 5 nitrogen and oxygen atoms in total. The third kappa shape index (κ3) is 4.26. The van der Waals surface area contributed by atoms with E-state index in [1.165, 1.54) is 5.56 Å². The molecule has 0 saturated heterocycles. The minimum absolute atomic E-state index is 0.0449. The van der Waals surface area contributed by atoms with Gasteiger partial charge in [-0.3, -0.25) is 14.5 Å². The fourth-order valence-electron chi connectivity index (χ4n) is 2.84. The highest BCUT2D eigenvalue weighted by atomic mass is 32.1. The van der Waals surface area contributed by atoms with Gasteiger partial charge in [0.25, 0.3) is 0 Å². The number of amides is 1. The summed E-state index contributed by atoms with van der Waals surface area (Å²) in [6.45, 7) is 4.60. The lowest BCUT2D eigenvalue weighted by Crippen LogP contribution is -2.15. The Kier molecular flexibility index (Phi) is 5.63. The molecule has 26 heavy (non-hydrogen) atoms. The number of aromatic amines is 1. The topological polar surface area (TPSA) is 62.7 Å². The Morgan fingerprint density at radius 3 is 2.81 bits per heavy atom. The van der Waals surface area contributed by atoms with Gasteiger partial charge in [-0.05, 0) is 49.3 Å². The Balaban J connectivity index is 1.71. The van der Waals surface area contributed by atoms with Crippen molar-refractivity contribution in [3.63, 3.8) is 0 Å². The molecule has 6 heteroatoms. The van der Waals surface area contributed by atoms with E-state index in [4.69, 9.17) is 12.2 Å². The first-order chi connectivity index (χ1) is 12.6. The molecule has 0 aliphatic rings. The smallest absolute Gasteiger partial charge is 0.226 e. The lowest BCUT2D eigenvalue weighted by molar-refractivity contribution is -0.116. The van der Waals surface area contributed by atoms with Crippen LogP contribution in [0.4, 0.5) is 5.69 Å². The molecule has 1 amide bonds. The summed E-state index contributed by atoms with van der Waals surface area (Å²) in [4.78, 5) is 12.3. The van der Waals surface area contributed by atoms with Crippen molar-refractivity contribution in [1.29, 1.82) is 0 Å². The summed E-state index contributed by atoms with van der Waals surface area (Å²) in [6, 6.07) is 16.0. The van der Waals surface area contributed by atoms with Crippen LogP contribution in [-0.4, -0.2) is 20.7 Å². The van der Waals surface area contributed by atoms with Gasteiger partial charge in [-0.2, -0.15) is 5.10 Å². The van der Waals surface area contributed by atoms with Gasteiger partial charge in [-0.1, -0.05) is 42.8 Å². The summed E-state index contributed by atoms with van der Waals surface area (Å²) >= 11 is 5.33. The van der Waals surface area contributed by atoms with Crippen molar-refractivity contribution in [2.45, 2.75) is 33.2 Å². The molecule has 2 aromatic carbocycles. The molecule has 0 atom stereocenters. The minimum atomic E-state index is -0.0449. The molecule has 0 saturated carbocycles. The van der Waals surface area contributed by atoms with E-state index in [0.717, 1.165) is 29.1 Å². The highest BCUT2D eigenvalue weighted by Gasteiger charge is 2.11. The molecule has 2 N–H and O–H groups in total. The Morgan fingerprint density at radius 2 is 2.04 bits per heavy atom. The van der Waals surface area contributed by atoms with E-state index in [-0.39, 0.29) is 5.91 Å². The molecule has 0 fully saturated rings. The Labute approximate surface area is 158 Å². The lowest BCUT2D eigenvalue weighted by atomic mass is 10.1. The molecule has 0 aliphatic heterocycles. The van der Waals surface area contributed by atoms with Gasteiger partial charge >= 0.3 is 0 Å². The van der Waals surface area contributed by atoms with Crippen LogP contribution in [0.5, 0.6) is 0 Å². The average Bonchev–Trinajstić information content (AvgIpc) is 3.01. The number of nitrogens with zero attached hydrogens (tertiary/aromatic N) is 2. The Bertz CT molecular complexity index is 974. The first kappa shape index (κ1) is 18.1. The molecule has 1 heterocycles. The quantitative estimate of drug-likeness (QED) is 0.631. The minimum Gasteiger partial charge on any atom is -0.326 e. The second kappa shape index (κ2) is 8.10. The van der Waals surface area contributed by atoms with Gasteiger partial charge in [-0.25, -0.2) is 0 Å². The molecule has 3 aromatic rings. The van der Waals surface area contributed by atoms with Crippen molar-refractivity contribution in [3.8, 4) is 11.4 Å². The maximum atomic E-state index is 12.3. The first-order valence-corrected chi connectivity index (χ1v) is 9.08. The summed E-state index contributed by atoms with van der Waals surface area (Å²) in [7, 11) is 0. The number of carbonyl (C=O) groups is 1. The van der Waals surface area contributed by atoms with Gasteiger partial charge in [-0.15, -0.1) is 0 Å². The van der Waals surface area contributed by atoms with Gasteiger partial charge < -0.3 is 5.32 Å². The van der Waals surface area contributed by atoms with E-state index in [9.17, 15) is 4.79 Å². The van der Waals surface area contributed by atoms with Gasteiger partial charge in [0.2, 0.25) is 5.91 Å². The van der Waals surface area contributed by atoms with Crippen molar-refractivity contribution in [1.82, 2.24) is 14.8 Å². The number of H-pyrrole nitrogens is 1. The van der Waals surface area contributed by atoms with Crippen LogP contribution < -0.4 is 5.32 Å². The average molecular weight is 366 g/mol. The van der Waals surface area contributed by atoms with Crippen molar-refractivity contribution in [3.05, 3.63) is 64.4 Å². The number of aromatic nitrogens is 3. The van der Waals surface area contributed by atoms with Crippen molar-refractivity contribution in [2.24, 2.45) is 0 Å². The normalized spacial score (nSPS) is 10.7. The van der Waals surface area contributed by atoms with Gasteiger partial charge in [0.1, 0.15) is 0 Å². The number of anilines is 1. The Hall–Kier alpha value is -2.73. The zero-order chi connectivity index (χ0) is 18.5. The number of benzene rings is 2. The van der Waals surface area contributed by atoms with Gasteiger partial charge in [0.15, 0.2) is 10.6 Å². The summed E-state index contributed by atoms with van der Waals surface area (Å²) in [6.07, 6.45) is 1.26. The molecule has 134 valence electrons. The fourth-order valence-corrected chi connectivity index (χ4v) is 3.06. The highest BCUT2D eigenvalue weighted by molar-refractivity contribution is 7.71. The second-order valence-corrected chi connectivity index (χ2v) is 6.61. The van der Waals surface area contributed by atoms with E-state index in [1.54, 1.807) is 0 Å². The van der Waals surface area contributed by atoms with E-state index < -0.39 is 0 Å². The fraction of sp³-hybridized carbons (Fsp3) is 0.250. The number of carbonyl (C=O) groups excluding carboxylic acids is 1. The monoisotopic (exact) mass is 366 g/mol. The van der Waals surface area contributed by atoms with Crippen LogP contribution in [0.15, 0.2) is 48.5 Å². The standard InChI is InChI=1S/C20H22N4OS/c1-3-15-7-5-9-17(13-15)21-18(25)10-11-24-19(22-23-20(24)26)16-8-4-6-14(2)12-16/h4-9,12-13H,3,10-11H2,1-2H3,(H,21,25)(H,23,26). The van der Waals surface area contributed by atoms with E-state index >= 15 is 0 Å². The predicted octanol–water partition coefficient (Wildman–Crippen LogP) is 4.51. The number of aryl methyl sites for hydroxylation is 2. The first-order valence-electron chi connectivity index (χ1n) is 8.68. The number of hydrogen-bond acceptors (Lipinski definition) is 3. The molecule has 0 spiro atoms. The van der Waals surface area contributed by atoms with Crippen molar-refractivity contribution >= 4 is 23.8 Å². The maximum Gasteiger partial charge on any atom is 0.226 e. The van der Waals surface area contributed by atoms with Crippen LogP contribution in [0.1, 0.15) is 24.5 Å². The number of nitrogens with one attached hydrogen (secondary N) is 2. The molecule has 0 bridgehead atoms. The van der Waals surface area contributed by atoms with E-state index in [1.807, 2.05) is 47.9 Å². The molecule has 1 aromatic heterocycles. The summed E-state index contributed by atoms with van der Waals surface area (Å²) in [5.74, 6) is 0.705. The summed E-state index contributed by atoms with van der Waals surface area (Å²) < 4.78 is 2.38. The highest BCUT2D eigenvalue weighted by Crippen LogP contribution is 2.19. The molecular weight excluding hydrogens is 344 g/mol. The summed E-state index contributed by atoms with van der Waals surface area (Å²) in [5, 5.41) is 10.1. The van der Waals surface area contributed by atoms with Crippen molar-refractivity contribution < 1.29 is 4.79 Å². The Morgan fingerprint density at radius 1 is 1.23 bits per heavy atom. The van der Waals surface area contributed by atoms with Crippen molar-refractivity contribution in [2.75, 3.05) is 5.32 Å². The molecule has 0 aliphatic carbocycles. The largest absolute Gasteiger partial charge is 0.326 e. The second-order valence-electron chi connectivity index (χ2n) is 6.23. The van der Waals surface area contributed by atoms with Crippen LogP contribution in [0, 0.1) is 11.7 Å². The number of rotatable bonds is 6. The van der Waals surface area contributed by atoms with Crippen LogP contribution in [0.25, 0.3) is 11.4 Å². The third-order valence-electron chi connectivity index (χ3n) is 4.22.